The fourth-order valence-electron chi connectivity index (χ4n) is 1.98. The van der Waals surface area contributed by atoms with E-state index in [-0.39, 0.29) is 11.1 Å². The highest BCUT2D eigenvalue weighted by molar-refractivity contribution is 5.72. The number of aryl methyl sites for hydroxylation is 1. The molecule has 0 aliphatic rings. The van der Waals surface area contributed by atoms with Crippen molar-refractivity contribution in [1.29, 1.82) is 0 Å². The zero-order valence-electron chi connectivity index (χ0n) is 14.1. The van der Waals surface area contributed by atoms with Gasteiger partial charge in [0.05, 0.1) is 5.56 Å². The van der Waals surface area contributed by atoms with Gasteiger partial charge in [0.2, 0.25) is 0 Å². The molecule has 0 fully saturated rings. The Morgan fingerprint density at radius 3 is 2.20 bits per heavy atom. The molecule has 0 bridgehead atoms. The molecule has 1 aromatic carbocycles. The molecular formula is C16H19F3O6. The third-order valence-electron chi connectivity index (χ3n) is 2.93. The van der Waals surface area contributed by atoms with Crippen LogP contribution in [0.2, 0.25) is 0 Å². The van der Waals surface area contributed by atoms with E-state index in [1.54, 1.807) is 0 Å². The summed E-state index contributed by atoms with van der Waals surface area (Å²) < 4.78 is 49.4. The van der Waals surface area contributed by atoms with Crippen LogP contribution in [0, 0.1) is 6.92 Å². The van der Waals surface area contributed by atoms with Crippen LogP contribution in [0.5, 0.6) is 5.75 Å². The van der Waals surface area contributed by atoms with E-state index in [2.05, 4.69) is 0 Å². The van der Waals surface area contributed by atoms with Crippen LogP contribution in [0.15, 0.2) is 12.1 Å². The molecule has 0 amide bonds. The minimum Gasteiger partial charge on any atom is -0.479 e. The van der Waals surface area contributed by atoms with E-state index in [1.165, 1.54) is 33.8 Å². The lowest BCUT2D eigenvalue weighted by Gasteiger charge is -2.21. The highest BCUT2D eigenvalue weighted by Crippen LogP contribution is 2.39. The second-order valence-corrected chi connectivity index (χ2v) is 6.41. The topological polar surface area (TPSA) is 93.1 Å². The molecule has 0 aliphatic heterocycles. The first-order chi connectivity index (χ1) is 11.2. The zero-order valence-corrected chi connectivity index (χ0v) is 14.1. The molecule has 0 aromatic heterocycles. The van der Waals surface area contributed by atoms with Crippen molar-refractivity contribution < 1.29 is 42.4 Å². The molecule has 2 N–H and O–H groups in total. The molecule has 1 rings (SSSR count). The minimum atomic E-state index is -4.85. The van der Waals surface area contributed by atoms with Gasteiger partial charge in [-0.25, -0.2) is 9.59 Å². The van der Waals surface area contributed by atoms with Gasteiger partial charge in [-0.3, -0.25) is 0 Å². The number of carboxylic acids is 1. The van der Waals surface area contributed by atoms with Crippen molar-refractivity contribution in [3.63, 3.8) is 0 Å². The number of rotatable bonds is 4. The predicted octanol–water partition coefficient (Wildman–Crippen LogP) is 3.32. The normalized spacial score (nSPS) is 13.3. The Bertz CT molecular complexity index is 661. The van der Waals surface area contributed by atoms with Crippen molar-refractivity contribution in [3.8, 4) is 5.75 Å². The maximum Gasteiger partial charge on any atom is 0.514 e. The Balaban J connectivity index is 3.25. The summed E-state index contributed by atoms with van der Waals surface area (Å²) in [5.41, 5.74) is -2.31. The minimum absolute atomic E-state index is 0.0479. The smallest absolute Gasteiger partial charge is 0.479 e. The number of halogens is 3. The third-order valence-corrected chi connectivity index (χ3v) is 2.93. The second kappa shape index (κ2) is 7.30. The third kappa shape index (κ3) is 6.26. The predicted molar refractivity (Wildman–Crippen MR) is 80.4 cm³/mol. The molecule has 0 saturated heterocycles. The van der Waals surface area contributed by atoms with Crippen LogP contribution < -0.4 is 4.74 Å². The molecule has 9 heteroatoms. The largest absolute Gasteiger partial charge is 0.514 e. The maximum absolute atomic E-state index is 13.3. The highest BCUT2D eigenvalue weighted by Gasteiger charge is 2.37. The van der Waals surface area contributed by atoms with E-state index >= 15 is 0 Å². The Hall–Kier alpha value is -2.29. The summed E-state index contributed by atoms with van der Waals surface area (Å²) in [6.07, 6.45) is -8.52. The average molecular weight is 364 g/mol. The second-order valence-electron chi connectivity index (χ2n) is 6.41. The lowest BCUT2D eigenvalue weighted by atomic mass is 10.00. The van der Waals surface area contributed by atoms with Gasteiger partial charge in [-0.15, -0.1) is 0 Å². The Kier molecular flexibility index (Phi) is 6.06. The first kappa shape index (κ1) is 20.8. The lowest BCUT2D eigenvalue weighted by Crippen LogP contribution is -2.27. The van der Waals surface area contributed by atoms with Gasteiger partial charge in [0.25, 0.3) is 0 Å². The highest BCUT2D eigenvalue weighted by atomic mass is 19.4. The summed E-state index contributed by atoms with van der Waals surface area (Å²) in [6.45, 7) is 5.86. The standard InChI is InChI=1S/C16H19F3O6/c1-8-5-9(7-11(20)13(21)22)6-10(16(17,18)19)12(8)24-14(23)25-15(2,3)4/h5-6,11,20H,7H2,1-4H3,(H,21,22). The van der Waals surface area contributed by atoms with Crippen LogP contribution in [0.4, 0.5) is 18.0 Å². The van der Waals surface area contributed by atoms with Crippen molar-refractivity contribution in [1.82, 2.24) is 0 Å². The summed E-state index contributed by atoms with van der Waals surface area (Å²) in [7, 11) is 0. The van der Waals surface area contributed by atoms with Gasteiger partial charge in [-0.1, -0.05) is 6.07 Å². The molecule has 140 valence electrons. The van der Waals surface area contributed by atoms with E-state index < -0.39 is 47.7 Å². The summed E-state index contributed by atoms with van der Waals surface area (Å²) >= 11 is 0. The molecule has 0 heterocycles. The number of hydrogen-bond donors (Lipinski definition) is 2. The van der Waals surface area contributed by atoms with Gasteiger partial charge in [0.15, 0.2) is 6.10 Å². The molecule has 1 aromatic rings. The van der Waals surface area contributed by atoms with Gasteiger partial charge >= 0.3 is 18.3 Å². The fourth-order valence-corrected chi connectivity index (χ4v) is 1.98. The molecule has 6 nitrogen and oxygen atoms in total. The molecule has 0 aliphatic carbocycles. The molecule has 0 saturated carbocycles. The van der Waals surface area contributed by atoms with Crippen molar-refractivity contribution in [2.75, 3.05) is 0 Å². The number of aliphatic hydroxyl groups excluding tert-OH is 1. The maximum atomic E-state index is 13.3. The summed E-state index contributed by atoms with van der Waals surface area (Å²) in [4.78, 5) is 22.3. The molecule has 1 unspecified atom stereocenters. The number of hydrogen-bond acceptors (Lipinski definition) is 5. The number of alkyl halides is 3. The van der Waals surface area contributed by atoms with E-state index in [1.807, 2.05) is 0 Å². The summed E-state index contributed by atoms with van der Waals surface area (Å²) in [5.74, 6) is -2.28. The summed E-state index contributed by atoms with van der Waals surface area (Å²) in [6, 6.07) is 1.85. The monoisotopic (exact) mass is 364 g/mol. The number of aliphatic carboxylic acids is 1. The van der Waals surface area contributed by atoms with Crippen LogP contribution in [0.1, 0.15) is 37.5 Å². The quantitative estimate of drug-likeness (QED) is 0.629. The molecule has 0 spiro atoms. The number of carboxylic acid groups (broad SMARTS) is 1. The summed E-state index contributed by atoms with van der Waals surface area (Å²) in [5, 5.41) is 18.0. The van der Waals surface area contributed by atoms with E-state index in [0.717, 1.165) is 0 Å². The zero-order chi connectivity index (χ0) is 19.6. The first-order valence-corrected chi connectivity index (χ1v) is 7.23. The SMILES string of the molecule is Cc1cc(CC(O)C(=O)O)cc(C(F)(F)F)c1OC(=O)OC(C)(C)C. The van der Waals surface area contributed by atoms with Crippen molar-refractivity contribution >= 4 is 12.1 Å². The fraction of sp³-hybridized carbons (Fsp3) is 0.500. The average Bonchev–Trinajstić information content (AvgIpc) is 2.37. The molecule has 1 atom stereocenters. The van der Waals surface area contributed by atoms with E-state index in [4.69, 9.17) is 14.6 Å². The van der Waals surface area contributed by atoms with E-state index in [9.17, 15) is 27.9 Å². The van der Waals surface area contributed by atoms with Crippen LogP contribution >= 0.6 is 0 Å². The van der Waals surface area contributed by atoms with Crippen molar-refractivity contribution in [2.24, 2.45) is 0 Å². The Morgan fingerprint density at radius 1 is 1.20 bits per heavy atom. The number of carbonyl (C=O) groups excluding carboxylic acids is 1. The molecule has 0 radical (unpaired) electrons. The van der Waals surface area contributed by atoms with E-state index in [0.29, 0.717) is 6.07 Å². The number of ether oxygens (including phenoxy) is 2. The van der Waals surface area contributed by atoms with Crippen LogP contribution in [0.25, 0.3) is 0 Å². The molecular weight excluding hydrogens is 345 g/mol. The first-order valence-electron chi connectivity index (χ1n) is 7.23. The van der Waals surface area contributed by atoms with Gasteiger partial charge < -0.3 is 19.7 Å². The van der Waals surface area contributed by atoms with Gasteiger partial charge in [0, 0.05) is 6.42 Å². The van der Waals surface area contributed by atoms with Crippen molar-refractivity contribution in [3.05, 3.63) is 28.8 Å². The van der Waals surface area contributed by atoms with Crippen molar-refractivity contribution in [2.45, 2.75) is 52.0 Å². The number of aliphatic hydroxyl groups is 1. The van der Waals surface area contributed by atoms with Crippen LogP contribution in [-0.2, 0) is 22.1 Å². The Labute approximate surface area is 142 Å². The van der Waals surface area contributed by atoms with Crippen LogP contribution in [0.3, 0.4) is 0 Å². The van der Waals surface area contributed by atoms with Gasteiger partial charge in [0.1, 0.15) is 11.4 Å². The van der Waals surface area contributed by atoms with Gasteiger partial charge in [-0.2, -0.15) is 13.2 Å². The lowest BCUT2D eigenvalue weighted by molar-refractivity contribution is -0.146. The van der Waals surface area contributed by atoms with Gasteiger partial charge in [-0.05, 0) is 44.9 Å². The Morgan fingerprint density at radius 2 is 1.76 bits per heavy atom. The molecule has 25 heavy (non-hydrogen) atoms. The van der Waals surface area contributed by atoms with Crippen LogP contribution in [-0.4, -0.2) is 34.0 Å². The number of carbonyl (C=O) groups is 2. The number of benzene rings is 1.